The van der Waals surface area contributed by atoms with Crippen molar-refractivity contribution in [1.82, 2.24) is 4.98 Å². The van der Waals surface area contributed by atoms with Crippen LogP contribution >= 0.6 is 11.8 Å². The van der Waals surface area contributed by atoms with Crippen molar-refractivity contribution < 1.29 is 4.79 Å². The minimum Gasteiger partial charge on any atom is -0.307 e. The number of anilines is 2. The molecule has 5 nitrogen and oxygen atoms in total. The predicted molar refractivity (Wildman–Crippen MR) is 88.9 cm³/mol. The molecule has 6 heteroatoms. The van der Waals surface area contributed by atoms with E-state index in [0.717, 1.165) is 4.90 Å². The van der Waals surface area contributed by atoms with Gasteiger partial charge in [0.2, 0.25) is 0 Å². The van der Waals surface area contributed by atoms with E-state index in [4.69, 9.17) is 5.26 Å². The Bertz CT molecular complexity index is 669. The van der Waals surface area contributed by atoms with Gasteiger partial charge in [0, 0.05) is 22.8 Å². The van der Waals surface area contributed by atoms with Crippen LogP contribution in [-0.4, -0.2) is 16.3 Å². The van der Waals surface area contributed by atoms with Crippen molar-refractivity contribution in [3.8, 4) is 6.07 Å². The highest BCUT2D eigenvalue weighted by molar-refractivity contribution is 8.00. The van der Waals surface area contributed by atoms with Crippen molar-refractivity contribution >= 4 is 29.3 Å². The number of nitrogens with one attached hydrogen (secondary N) is 2. The van der Waals surface area contributed by atoms with Crippen LogP contribution in [0.15, 0.2) is 53.6 Å². The van der Waals surface area contributed by atoms with Gasteiger partial charge in [0.05, 0.1) is 11.8 Å². The number of carbonyl (C=O) groups excluding carboxylic acids is 1. The number of urea groups is 1. The summed E-state index contributed by atoms with van der Waals surface area (Å²) >= 11 is 1.56. The summed E-state index contributed by atoms with van der Waals surface area (Å²) in [6.07, 6.45) is 2.07. The lowest BCUT2D eigenvalue weighted by molar-refractivity contribution is 0.262. The van der Waals surface area contributed by atoms with Crippen molar-refractivity contribution in [3.63, 3.8) is 0 Å². The third kappa shape index (κ3) is 4.79. The van der Waals surface area contributed by atoms with Crippen molar-refractivity contribution in [3.05, 3.63) is 48.7 Å². The van der Waals surface area contributed by atoms with Crippen LogP contribution in [-0.2, 0) is 0 Å². The van der Waals surface area contributed by atoms with Crippen LogP contribution in [0.3, 0.4) is 0 Å². The molecule has 0 radical (unpaired) electrons. The van der Waals surface area contributed by atoms with Crippen LogP contribution < -0.4 is 10.6 Å². The maximum atomic E-state index is 12.0. The molecule has 0 aliphatic carbocycles. The molecule has 0 fully saturated rings. The molecule has 0 spiro atoms. The first-order valence-corrected chi connectivity index (χ1v) is 7.68. The zero-order valence-corrected chi connectivity index (χ0v) is 12.9. The standard InChI is InChI=1S/C16H16N4OS/c1-12(9-10-17)22-14-7-3-2-6-13(14)19-16(21)20-15-8-4-5-11-18-15/h2-8,11-12H,9H2,1H3,(H2,18,19,20,21)/t12-/m1/s1. The molecule has 0 bridgehead atoms. The van der Waals surface area contributed by atoms with Gasteiger partial charge in [-0.2, -0.15) is 5.26 Å². The molecule has 2 rings (SSSR count). The number of rotatable bonds is 5. The average Bonchev–Trinajstić information content (AvgIpc) is 2.50. The number of thioether (sulfide) groups is 1. The number of amides is 2. The molecule has 0 saturated carbocycles. The Morgan fingerprint density at radius 1 is 1.27 bits per heavy atom. The van der Waals surface area contributed by atoms with Crippen LogP contribution in [0.25, 0.3) is 0 Å². The fourth-order valence-electron chi connectivity index (χ4n) is 1.77. The van der Waals surface area contributed by atoms with E-state index in [-0.39, 0.29) is 11.3 Å². The van der Waals surface area contributed by atoms with Crippen LogP contribution in [0.5, 0.6) is 0 Å². The van der Waals surface area contributed by atoms with Gasteiger partial charge >= 0.3 is 6.03 Å². The number of para-hydroxylation sites is 1. The third-order valence-corrected chi connectivity index (χ3v) is 3.93. The highest BCUT2D eigenvalue weighted by Crippen LogP contribution is 2.31. The molecular formula is C16H16N4OS. The maximum Gasteiger partial charge on any atom is 0.324 e. The largest absolute Gasteiger partial charge is 0.324 e. The number of nitrogens with zero attached hydrogens (tertiary/aromatic N) is 2. The Labute approximate surface area is 133 Å². The van der Waals surface area contributed by atoms with Gasteiger partial charge in [-0.05, 0) is 24.3 Å². The second-order valence-electron chi connectivity index (χ2n) is 4.58. The van der Waals surface area contributed by atoms with Gasteiger partial charge in [-0.15, -0.1) is 11.8 Å². The molecule has 0 aliphatic heterocycles. The van der Waals surface area contributed by atoms with Gasteiger partial charge in [-0.1, -0.05) is 25.1 Å². The molecule has 0 aliphatic rings. The Morgan fingerprint density at radius 2 is 2.05 bits per heavy atom. The van der Waals surface area contributed by atoms with E-state index in [9.17, 15) is 4.79 Å². The summed E-state index contributed by atoms with van der Waals surface area (Å²) in [5.41, 5.74) is 0.714. The fourth-order valence-corrected chi connectivity index (χ4v) is 2.76. The van der Waals surface area contributed by atoms with Crippen molar-refractivity contribution in [2.45, 2.75) is 23.5 Å². The SMILES string of the molecule is C[C@H](CC#N)Sc1ccccc1NC(=O)Nc1ccccn1. The number of pyridine rings is 1. The normalized spacial score (nSPS) is 11.3. The molecule has 0 saturated heterocycles. The molecule has 112 valence electrons. The molecule has 2 N–H and O–H groups in total. The lowest BCUT2D eigenvalue weighted by Gasteiger charge is -2.13. The van der Waals surface area contributed by atoms with Gasteiger partial charge in [0.1, 0.15) is 5.82 Å². The summed E-state index contributed by atoms with van der Waals surface area (Å²) in [5, 5.41) is 14.4. The lowest BCUT2D eigenvalue weighted by atomic mass is 10.3. The molecule has 1 atom stereocenters. The van der Waals surface area contributed by atoms with Crippen molar-refractivity contribution in [2.24, 2.45) is 0 Å². The van der Waals surface area contributed by atoms with E-state index >= 15 is 0 Å². The highest BCUT2D eigenvalue weighted by Gasteiger charge is 2.10. The van der Waals surface area contributed by atoms with Gasteiger partial charge in [-0.3, -0.25) is 5.32 Å². The summed E-state index contributed by atoms with van der Waals surface area (Å²) in [6.45, 7) is 1.98. The first-order chi connectivity index (χ1) is 10.7. The molecule has 22 heavy (non-hydrogen) atoms. The topological polar surface area (TPSA) is 77.8 Å². The third-order valence-electron chi connectivity index (χ3n) is 2.75. The second kappa shape index (κ2) is 8.05. The zero-order valence-electron chi connectivity index (χ0n) is 12.1. The minimum absolute atomic E-state index is 0.159. The first kappa shape index (κ1) is 15.9. The number of nitriles is 1. The molecule has 2 amide bonds. The van der Waals surface area contributed by atoms with E-state index in [1.807, 2.05) is 31.2 Å². The maximum absolute atomic E-state index is 12.0. The number of hydrogen-bond acceptors (Lipinski definition) is 4. The zero-order chi connectivity index (χ0) is 15.8. The van der Waals surface area contributed by atoms with Crippen LogP contribution in [0.1, 0.15) is 13.3 Å². The van der Waals surface area contributed by atoms with Gasteiger partial charge in [0.25, 0.3) is 0 Å². The lowest BCUT2D eigenvalue weighted by Crippen LogP contribution is -2.20. The Balaban J connectivity index is 2.03. The van der Waals surface area contributed by atoms with E-state index < -0.39 is 0 Å². The van der Waals surface area contributed by atoms with Crippen LogP contribution in [0.4, 0.5) is 16.3 Å². The molecule has 2 aromatic rings. The van der Waals surface area contributed by atoms with E-state index in [1.165, 1.54) is 0 Å². The summed E-state index contributed by atoms with van der Waals surface area (Å²) in [4.78, 5) is 17.0. The number of hydrogen-bond donors (Lipinski definition) is 2. The average molecular weight is 312 g/mol. The second-order valence-corrected chi connectivity index (χ2v) is 6.06. The fraction of sp³-hybridized carbons (Fsp3) is 0.188. The van der Waals surface area contributed by atoms with Crippen LogP contribution in [0, 0.1) is 11.3 Å². The Hall–Kier alpha value is -2.52. The number of benzene rings is 1. The van der Waals surface area contributed by atoms with Crippen molar-refractivity contribution in [1.29, 1.82) is 5.26 Å². The Morgan fingerprint density at radius 3 is 2.77 bits per heavy atom. The summed E-state index contributed by atoms with van der Waals surface area (Å²) in [7, 11) is 0. The minimum atomic E-state index is -0.348. The molecule has 0 unspecified atom stereocenters. The Kier molecular flexibility index (Phi) is 5.81. The number of aromatic nitrogens is 1. The summed E-state index contributed by atoms with van der Waals surface area (Å²) < 4.78 is 0. The summed E-state index contributed by atoms with van der Waals surface area (Å²) in [5.74, 6) is 0.489. The van der Waals surface area contributed by atoms with E-state index in [2.05, 4.69) is 21.7 Å². The molecule has 1 heterocycles. The van der Waals surface area contributed by atoms with E-state index in [0.29, 0.717) is 17.9 Å². The first-order valence-electron chi connectivity index (χ1n) is 6.80. The summed E-state index contributed by atoms with van der Waals surface area (Å²) in [6, 6.07) is 14.6. The monoisotopic (exact) mass is 312 g/mol. The van der Waals surface area contributed by atoms with Crippen LogP contribution in [0.2, 0.25) is 0 Å². The highest BCUT2D eigenvalue weighted by atomic mass is 32.2. The van der Waals surface area contributed by atoms with Gasteiger partial charge in [0.15, 0.2) is 0 Å². The predicted octanol–water partition coefficient (Wildman–Crippen LogP) is 4.12. The molecule has 1 aromatic carbocycles. The van der Waals surface area contributed by atoms with E-state index in [1.54, 1.807) is 36.2 Å². The molecule has 1 aromatic heterocycles. The molecular weight excluding hydrogens is 296 g/mol. The van der Waals surface area contributed by atoms with Gasteiger partial charge < -0.3 is 5.32 Å². The van der Waals surface area contributed by atoms with Crippen molar-refractivity contribution in [2.75, 3.05) is 10.6 Å². The number of carbonyl (C=O) groups is 1. The smallest absolute Gasteiger partial charge is 0.307 e. The quantitative estimate of drug-likeness (QED) is 0.814. The van der Waals surface area contributed by atoms with Gasteiger partial charge in [-0.25, -0.2) is 9.78 Å².